The van der Waals surface area contributed by atoms with Crippen molar-refractivity contribution < 1.29 is 13.9 Å². The summed E-state index contributed by atoms with van der Waals surface area (Å²) in [6.45, 7) is 0. The number of aliphatic hydroxyl groups excluding tert-OH is 1. The second-order valence-corrected chi connectivity index (χ2v) is 3.98. The van der Waals surface area contributed by atoms with Crippen molar-refractivity contribution >= 4 is 11.8 Å². The van der Waals surface area contributed by atoms with Gasteiger partial charge in [-0.15, -0.1) is 0 Å². The monoisotopic (exact) mass is 202 g/mol. The molecule has 1 aliphatic heterocycles. The van der Waals surface area contributed by atoms with Crippen LogP contribution in [0.5, 0.6) is 0 Å². The zero-order valence-electron chi connectivity index (χ0n) is 6.76. The fourth-order valence-electron chi connectivity index (χ4n) is 1.47. The first-order chi connectivity index (χ1) is 6.20. The van der Waals surface area contributed by atoms with Gasteiger partial charge in [0.15, 0.2) is 0 Å². The summed E-state index contributed by atoms with van der Waals surface area (Å²) >= 11 is 1.41. The normalized spacial score (nSPS) is 21.3. The maximum absolute atomic E-state index is 13.2. The van der Waals surface area contributed by atoms with Crippen molar-refractivity contribution in [2.75, 3.05) is 5.75 Å². The summed E-state index contributed by atoms with van der Waals surface area (Å²) in [4.78, 5) is 0. The van der Waals surface area contributed by atoms with Gasteiger partial charge in [-0.3, -0.25) is 0 Å². The molecule has 0 aliphatic carbocycles. The van der Waals surface area contributed by atoms with E-state index in [9.17, 15) is 13.9 Å². The van der Waals surface area contributed by atoms with E-state index in [1.807, 2.05) is 0 Å². The van der Waals surface area contributed by atoms with Crippen LogP contribution in [0.1, 0.15) is 17.2 Å². The second-order valence-electron chi connectivity index (χ2n) is 2.95. The first kappa shape index (κ1) is 8.97. The lowest BCUT2D eigenvalue weighted by molar-refractivity contribution is 0.195. The third-order valence-corrected chi connectivity index (χ3v) is 3.15. The highest BCUT2D eigenvalue weighted by Crippen LogP contribution is 2.34. The smallest absolute Gasteiger partial charge is 0.129 e. The molecule has 70 valence electrons. The van der Waals surface area contributed by atoms with Crippen molar-refractivity contribution in [2.24, 2.45) is 0 Å². The lowest BCUT2D eigenvalue weighted by Gasteiger charge is -2.21. The predicted octanol–water partition coefficient (Wildman–Crippen LogP) is 2.25. The Morgan fingerprint density at radius 2 is 2.00 bits per heavy atom. The number of hydrogen-bond donors (Lipinski definition) is 1. The average molecular weight is 202 g/mol. The van der Waals surface area contributed by atoms with Crippen molar-refractivity contribution in [3.63, 3.8) is 0 Å². The van der Waals surface area contributed by atoms with Gasteiger partial charge in [0.2, 0.25) is 0 Å². The van der Waals surface area contributed by atoms with Crippen LogP contribution in [0.15, 0.2) is 12.1 Å². The first-order valence-electron chi connectivity index (χ1n) is 3.92. The molecule has 1 heterocycles. The summed E-state index contributed by atoms with van der Waals surface area (Å²) in [5.41, 5.74) is 0.447. The van der Waals surface area contributed by atoms with Gasteiger partial charge in [0.1, 0.15) is 11.6 Å². The van der Waals surface area contributed by atoms with Crippen LogP contribution in [0.3, 0.4) is 0 Å². The summed E-state index contributed by atoms with van der Waals surface area (Å²) in [6.07, 6.45) is -0.871. The number of halogens is 2. The highest BCUT2D eigenvalue weighted by molar-refractivity contribution is 7.98. The maximum atomic E-state index is 13.2. The van der Waals surface area contributed by atoms with Crippen molar-refractivity contribution in [2.45, 2.75) is 11.9 Å². The van der Waals surface area contributed by atoms with Gasteiger partial charge >= 0.3 is 0 Å². The largest absolute Gasteiger partial charge is 0.387 e. The minimum absolute atomic E-state index is 0.138. The standard InChI is InChI=1S/C9H8F2OS/c10-6-1-2-7(11)9-5(6)3-13-4-8(9)12/h1-2,8,12H,3-4H2/t8-/m1/s1. The van der Waals surface area contributed by atoms with Gasteiger partial charge < -0.3 is 5.11 Å². The quantitative estimate of drug-likeness (QED) is 0.696. The van der Waals surface area contributed by atoms with E-state index in [0.29, 0.717) is 17.1 Å². The minimum Gasteiger partial charge on any atom is -0.387 e. The fourth-order valence-corrected chi connectivity index (χ4v) is 2.48. The number of thioether (sulfide) groups is 1. The molecule has 1 N–H and O–H groups in total. The Bertz CT molecular complexity index is 341. The molecule has 2 rings (SSSR count). The van der Waals surface area contributed by atoms with Crippen molar-refractivity contribution in [1.29, 1.82) is 0 Å². The SMILES string of the molecule is O[C@@H]1CSCc2c(F)ccc(F)c21. The molecular weight excluding hydrogens is 194 g/mol. The summed E-state index contributed by atoms with van der Waals surface area (Å²) < 4.78 is 26.3. The Labute approximate surface area is 78.8 Å². The molecule has 0 aromatic heterocycles. The zero-order valence-corrected chi connectivity index (χ0v) is 7.57. The van der Waals surface area contributed by atoms with Crippen molar-refractivity contribution in [3.8, 4) is 0 Å². The van der Waals surface area contributed by atoms with Crippen LogP contribution in [0.2, 0.25) is 0 Å². The Kier molecular flexibility index (Phi) is 2.26. The van der Waals surface area contributed by atoms with Crippen LogP contribution in [0.4, 0.5) is 8.78 Å². The predicted molar refractivity (Wildman–Crippen MR) is 47.5 cm³/mol. The molecule has 0 fully saturated rings. The van der Waals surface area contributed by atoms with Crippen LogP contribution in [-0.4, -0.2) is 10.9 Å². The summed E-state index contributed by atoms with van der Waals surface area (Å²) in [5, 5.41) is 9.44. The summed E-state index contributed by atoms with van der Waals surface area (Å²) in [6, 6.07) is 2.17. The molecule has 0 amide bonds. The number of fused-ring (bicyclic) bond motifs is 1. The van der Waals surface area contributed by atoms with E-state index in [0.717, 1.165) is 12.1 Å². The molecule has 1 atom stereocenters. The topological polar surface area (TPSA) is 20.2 Å². The van der Waals surface area contributed by atoms with E-state index >= 15 is 0 Å². The van der Waals surface area contributed by atoms with Crippen LogP contribution < -0.4 is 0 Å². The fraction of sp³-hybridized carbons (Fsp3) is 0.333. The van der Waals surface area contributed by atoms with Gasteiger partial charge in [0.05, 0.1) is 6.10 Å². The van der Waals surface area contributed by atoms with Crippen LogP contribution in [-0.2, 0) is 5.75 Å². The summed E-state index contributed by atoms with van der Waals surface area (Å²) in [5.74, 6) is -0.0598. The lowest BCUT2D eigenvalue weighted by Crippen LogP contribution is -2.13. The molecular formula is C9H8F2OS. The van der Waals surface area contributed by atoms with Gasteiger partial charge in [0.25, 0.3) is 0 Å². The van der Waals surface area contributed by atoms with E-state index in [4.69, 9.17) is 0 Å². The van der Waals surface area contributed by atoms with Gasteiger partial charge in [0, 0.05) is 22.6 Å². The van der Waals surface area contributed by atoms with Gasteiger partial charge in [-0.1, -0.05) is 0 Å². The molecule has 0 radical (unpaired) electrons. The Balaban J connectivity index is 2.60. The number of rotatable bonds is 0. The van der Waals surface area contributed by atoms with E-state index in [2.05, 4.69) is 0 Å². The van der Waals surface area contributed by atoms with E-state index in [-0.39, 0.29) is 5.56 Å². The van der Waals surface area contributed by atoms with Crippen molar-refractivity contribution in [3.05, 3.63) is 34.9 Å². The van der Waals surface area contributed by atoms with Gasteiger partial charge in [-0.05, 0) is 12.1 Å². The average Bonchev–Trinajstić information content (AvgIpc) is 2.12. The molecule has 0 saturated carbocycles. The van der Waals surface area contributed by atoms with E-state index in [1.165, 1.54) is 11.8 Å². The van der Waals surface area contributed by atoms with Gasteiger partial charge in [-0.25, -0.2) is 8.78 Å². The van der Waals surface area contributed by atoms with Crippen LogP contribution in [0.25, 0.3) is 0 Å². The zero-order chi connectivity index (χ0) is 9.42. The molecule has 0 bridgehead atoms. The third-order valence-electron chi connectivity index (χ3n) is 2.10. The number of aliphatic hydroxyl groups is 1. The molecule has 1 aromatic rings. The molecule has 1 nitrogen and oxygen atoms in total. The Morgan fingerprint density at radius 1 is 1.31 bits per heavy atom. The van der Waals surface area contributed by atoms with Crippen LogP contribution in [0, 0.1) is 11.6 Å². The van der Waals surface area contributed by atoms with E-state index < -0.39 is 17.7 Å². The number of hydrogen-bond acceptors (Lipinski definition) is 2. The second kappa shape index (κ2) is 3.27. The van der Waals surface area contributed by atoms with Gasteiger partial charge in [-0.2, -0.15) is 11.8 Å². The molecule has 0 saturated heterocycles. The molecule has 0 unspecified atom stereocenters. The molecule has 13 heavy (non-hydrogen) atoms. The van der Waals surface area contributed by atoms with Crippen molar-refractivity contribution in [1.82, 2.24) is 0 Å². The van der Waals surface area contributed by atoms with E-state index in [1.54, 1.807) is 0 Å². The molecule has 0 spiro atoms. The molecule has 1 aromatic carbocycles. The highest BCUT2D eigenvalue weighted by atomic mass is 32.2. The molecule has 1 aliphatic rings. The minimum atomic E-state index is -0.871. The summed E-state index contributed by atoms with van der Waals surface area (Å²) in [7, 11) is 0. The third kappa shape index (κ3) is 1.44. The molecule has 4 heteroatoms. The van der Waals surface area contributed by atoms with Crippen LogP contribution >= 0.6 is 11.8 Å². The Morgan fingerprint density at radius 3 is 2.69 bits per heavy atom. The maximum Gasteiger partial charge on any atom is 0.129 e. The Hall–Kier alpha value is -0.610. The lowest BCUT2D eigenvalue weighted by atomic mass is 10.0. The first-order valence-corrected chi connectivity index (χ1v) is 5.08. The highest BCUT2D eigenvalue weighted by Gasteiger charge is 2.24. The number of benzene rings is 1.